The third-order valence-corrected chi connectivity index (χ3v) is 3.32. The molecule has 26 heavy (non-hydrogen) atoms. The van der Waals surface area contributed by atoms with Crippen molar-refractivity contribution in [3.05, 3.63) is 41.7 Å². The van der Waals surface area contributed by atoms with Gasteiger partial charge in [0.1, 0.15) is 0 Å². The van der Waals surface area contributed by atoms with Gasteiger partial charge < -0.3 is 9.47 Å². The number of hydrogen-bond acceptors (Lipinski definition) is 7. The van der Waals surface area contributed by atoms with E-state index in [1.54, 1.807) is 18.2 Å². The molecular weight excluding hydrogens is 353 g/mol. The standard InChI is InChI=1S/C15H13F3N6O2/c1-25-10-4-3-9(7-11(10)26-2)8-19-20-12-5-6-13-21-22-14(15(16,17)18)24(13)23-12/h3-8H,1-2H3,(H,20,23)/b19-8-. The second kappa shape index (κ2) is 6.86. The third-order valence-electron chi connectivity index (χ3n) is 3.32. The molecule has 0 fully saturated rings. The zero-order chi connectivity index (χ0) is 18.7. The van der Waals surface area contributed by atoms with Gasteiger partial charge in [0.15, 0.2) is 23.0 Å². The number of benzene rings is 1. The van der Waals surface area contributed by atoms with Crippen molar-refractivity contribution in [2.24, 2.45) is 5.10 Å². The van der Waals surface area contributed by atoms with Crippen LogP contribution in [-0.4, -0.2) is 40.2 Å². The Hall–Kier alpha value is -3.37. The molecule has 0 unspecified atom stereocenters. The summed E-state index contributed by atoms with van der Waals surface area (Å²) >= 11 is 0. The minimum absolute atomic E-state index is 0.0215. The lowest BCUT2D eigenvalue weighted by Gasteiger charge is -2.07. The lowest BCUT2D eigenvalue weighted by Crippen LogP contribution is -2.13. The van der Waals surface area contributed by atoms with Crippen LogP contribution in [0.4, 0.5) is 19.0 Å². The van der Waals surface area contributed by atoms with E-state index >= 15 is 0 Å². The Kier molecular flexibility index (Phi) is 4.61. The predicted molar refractivity (Wildman–Crippen MR) is 86.5 cm³/mol. The molecule has 2 heterocycles. The summed E-state index contributed by atoms with van der Waals surface area (Å²) in [4.78, 5) is 0. The number of alkyl halides is 3. The highest BCUT2D eigenvalue weighted by Crippen LogP contribution is 2.28. The normalized spacial score (nSPS) is 11.9. The van der Waals surface area contributed by atoms with Gasteiger partial charge in [0.05, 0.1) is 20.4 Å². The smallest absolute Gasteiger partial charge is 0.453 e. The van der Waals surface area contributed by atoms with E-state index in [9.17, 15) is 13.2 Å². The Bertz CT molecular complexity index is 954. The molecule has 0 amide bonds. The third kappa shape index (κ3) is 3.50. The molecule has 8 nitrogen and oxygen atoms in total. The molecule has 1 aromatic carbocycles. The first-order chi connectivity index (χ1) is 12.4. The summed E-state index contributed by atoms with van der Waals surface area (Å²) in [6.07, 6.45) is -3.20. The van der Waals surface area contributed by atoms with Crippen molar-refractivity contribution in [1.29, 1.82) is 0 Å². The first-order valence-corrected chi connectivity index (χ1v) is 7.23. The highest BCUT2D eigenvalue weighted by atomic mass is 19.4. The van der Waals surface area contributed by atoms with Gasteiger partial charge >= 0.3 is 6.18 Å². The van der Waals surface area contributed by atoms with E-state index in [0.29, 0.717) is 21.6 Å². The van der Waals surface area contributed by atoms with E-state index in [1.165, 1.54) is 32.6 Å². The second-order valence-electron chi connectivity index (χ2n) is 4.99. The van der Waals surface area contributed by atoms with Crippen LogP contribution < -0.4 is 14.9 Å². The molecule has 0 saturated carbocycles. The Balaban J connectivity index is 1.80. The van der Waals surface area contributed by atoms with E-state index < -0.39 is 12.0 Å². The summed E-state index contributed by atoms with van der Waals surface area (Å²) in [6, 6.07) is 7.93. The van der Waals surface area contributed by atoms with Gasteiger partial charge in [-0.25, -0.2) is 0 Å². The largest absolute Gasteiger partial charge is 0.493 e. The summed E-state index contributed by atoms with van der Waals surface area (Å²) < 4.78 is 49.5. The van der Waals surface area contributed by atoms with Crippen molar-refractivity contribution >= 4 is 17.7 Å². The maximum atomic E-state index is 12.9. The van der Waals surface area contributed by atoms with Gasteiger partial charge in [-0.1, -0.05) is 0 Å². The van der Waals surface area contributed by atoms with Crippen LogP contribution in [0.5, 0.6) is 11.5 Å². The minimum Gasteiger partial charge on any atom is -0.493 e. The molecule has 0 atom stereocenters. The van der Waals surface area contributed by atoms with Crippen molar-refractivity contribution in [1.82, 2.24) is 19.8 Å². The number of nitrogens with zero attached hydrogens (tertiary/aromatic N) is 5. The highest BCUT2D eigenvalue weighted by molar-refractivity contribution is 5.81. The topological polar surface area (TPSA) is 85.9 Å². The van der Waals surface area contributed by atoms with E-state index in [2.05, 4.69) is 25.8 Å². The van der Waals surface area contributed by atoms with Crippen molar-refractivity contribution in [2.45, 2.75) is 6.18 Å². The Morgan fingerprint density at radius 3 is 2.54 bits per heavy atom. The quantitative estimate of drug-likeness (QED) is 0.552. The minimum atomic E-state index is -4.66. The van der Waals surface area contributed by atoms with Crippen molar-refractivity contribution in [2.75, 3.05) is 19.6 Å². The van der Waals surface area contributed by atoms with Crippen LogP contribution in [-0.2, 0) is 6.18 Å². The average Bonchev–Trinajstić information content (AvgIpc) is 3.05. The summed E-state index contributed by atoms with van der Waals surface area (Å²) in [7, 11) is 3.03. The first-order valence-electron chi connectivity index (χ1n) is 7.23. The fraction of sp³-hybridized carbons (Fsp3) is 0.200. The Labute approximate surface area is 145 Å². The summed E-state index contributed by atoms with van der Waals surface area (Å²) in [5.74, 6) is -0.0214. The van der Waals surface area contributed by atoms with Crippen LogP contribution in [0.15, 0.2) is 35.4 Å². The number of halogens is 3. The number of rotatable bonds is 5. The molecule has 0 aliphatic carbocycles. The molecule has 11 heteroatoms. The summed E-state index contributed by atoms with van der Waals surface area (Å²) in [6.45, 7) is 0. The number of fused-ring (bicyclic) bond motifs is 1. The van der Waals surface area contributed by atoms with E-state index in [0.717, 1.165) is 0 Å². The lowest BCUT2D eigenvalue weighted by molar-refractivity contribution is -0.146. The molecule has 1 N–H and O–H groups in total. The molecule has 0 aliphatic heterocycles. The Morgan fingerprint density at radius 2 is 1.85 bits per heavy atom. The van der Waals surface area contributed by atoms with Crippen molar-refractivity contribution < 1.29 is 22.6 Å². The SMILES string of the molecule is COc1ccc(/C=N\Nc2ccc3nnc(C(F)(F)F)n3n2)cc1OC. The van der Waals surface area contributed by atoms with Gasteiger partial charge in [0.25, 0.3) is 5.82 Å². The van der Waals surface area contributed by atoms with Crippen LogP contribution in [0.25, 0.3) is 5.65 Å². The first kappa shape index (κ1) is 17.5. The molecule has 0 bridgehead atoms. The maximum absolute atomic E-state index is 12.9. The Morgan fingerprint density at radius 1 is 1.08 bits per heavy atom. The van der Waals surface area contributed by atoms with Crippen molar-refractivity contribution in [3.8, 4) is 11.5 Å². The molecule has 136 valence electrons. The molecule has 0 saturated heterocycles. The lowest BCUT2D eigenvalue weighted by atomic mass is 10.2. The molecular formula is C15H13F3N6O2. The molecule has 0 aliphatic rings. The second-order valence-corrected chi connectivity index (χ2v) is 4.99. The molecule has 0 spiro atoms. The van der Waals surface area contributed by atoms with Crippen LogP contribution >= 0.6 is 0 Å². The van der Waals surface area contributed by atoms with E-state index in [-0.39, 0.29) is 11.5 Å². The maximum Gasteiger partial charge on any atom is 0.453 e. The van der Waals surface area contributed by atoms with Crippen molar-refractivity contribution in [3.63, 3.8) is 0 Å². The molecule has 3 aromatic rings. The van der Waals surface area contributed by atoms with Crippen LogP contribution in [0, 0.1) is 0 Å². The van der Waals surface area contributed by atoms with Gasteiger partial charge in [-0.05, 0) is 35.9 Å². The van der Waals surface area contributed by atoms with E-state index in [4.69, 9.17) is 9.47 Å². The number of hydrogen-bond donors (Lipinski definition) is 1. The van der Waals surface area contributed by atoms with E-state index in [1.807, 2.05) is 0 Å². The highest BCUT2D eigenvalue weighted by Gasteiger charge is 2.37. The van der Waals surface area contributed by atoms with Gasteiger partial charge in [0.2, 0.25) is 0 Å². The predicted octanol–water partition coefficient (Wildman–Crippen LogP) is 2.61. The summed E-state index contributed by atoms with van der Waals surface area (Å²) in [5, 5.41) is 14.3. The van der Waals surface area contributed by atoms with Crippen LogP contribution in [0.1, 0.15) is 11.4 Å². The summed E-state index contributed by atoms with van der Waals surface area (Å²) in [5.41, 5.74) is 3.23. The monoisotopic (exact) mass is 366 g/mol. The van der Waals surface area contributed by atoms with Gasteiger partial charge in [-0.3, -0.25) is 5.43 Å². The fourth-order valence-electron chi connectivity index (χ4n) is 2.13. The zero-order valence-electron chi connectivity index (χ0n) is 13.7. The molecule has 3 rings (SSSR count). The number of ether oxygens (including phenoxy) is 2. The number of methoxy groups -OCH3 is 2. The molecule has 2 aromatic heterocycles. The average molecular weight is 366 g/mol. The van der Waals surface area contributed by atoms with Gasteiger partial charge in [-0.2, -0.15) is 22.8 Å². The zero-order valence-corrected chi connectivity index (χ0v) is 13.7. The van der Waals surface area contributed by atoms with Gasteiger partial charge in [0, 0.05) is 0 Å². The number of aromatic nitrogens is 4. The number of anilines is 1. The van der Waals surface area contributed by atoms with Gasteiger partial charge in [-0.15, -0.1) is 15.3 Å². The number of hydrazone groups is 1. The fourth-order valence-corrected chi connectivity index (χ4v) is 2.13. The van der Waals surface area contributed by atoms with Crippen LogP contribution in [0.2, 0.25) is 0 Å². The number of nitrogens with one attached hydrogen (secondary N) is 1. The van der Waals surface area contributed by atoms with Crippen LogP contribution in [0.3, 0.4) is 0 Å². The molecule has 0 radical (unpaired) electrons.